The third-order valence-electron chi connectivity index (χ3n) is 5.59. The van der Waals surface area contributed by atoms with Gasteiger partial charge in [0.25, 0.3) is 10.1 Å². The standard InChI is InChI=1S/C15H21NO8S/c1-8(2)13(20)16-4-10(19)23-11-12-15(7-18)5-14(11,6-17)3-9(15)25(21,22)24-12/h9,11-12,17-18H,1,3-7H2,2H3,(H,16,20). The van der Waals surface area contributed by atoms with Gasteiger partial charge in [-0.05, 0) is 19.8 Å². The number of rotatable bonds is 6. The molecule has 1 amide bonds. The second-order valence-corrected chi connectivity index (χ2v) is 8.91. The molecule has 1 aliphatic heterocycles. The minimum Gasteiger partial charge on any atom is -0.458 e. The molecule has 3 N–H and O–H groups in total. The van der Waals surface area contributed by atoms with Gasteiger partial charge in [0.2, 0.25) is 5.91 Å². The Bertz CT molecular complexity index is 734. The molecule has 2 bridgehead atoms. The fourth-order valence-corrected chi connectivity index (χ4v) is 6.53. The lowest BCUT2D eigenvalue weighted by atomic mass is 9.78. The summed E-state index contributed by atoms with van der Waals surface area (Å²) in [5, 5.41) is 21.1. The van der Waals surface area contributed by atoms with E-state index >= 15 is 0 Å². The van der Waals surface area contributed by atoms with Gasteiger partial charge >= 0.3 is 5.97 Å². The average Bonchev–Trinajstić information content (AvgIpc) is 3.08. The Morgan fingerprint density at radius 1 is 1.36 bits per heavy atom. The van der Waals surface area contributed by atoms with E-state index in [4.69, 9.17) is 8.92 Å². The van der Waals surface area contributed by atoms with Crippen LogP contribution in [-0.4, -0.2) is 67.7 Å². The Morgan fingerprint density at radius 3 is 2.60 bits per heavy atom. The molecule has 2 saturated carbocycles. The Hall–Kier alpha value is -1.49. The molecule has 0 aromatic heterocycles. The van der Waals surface area contributed by atoms with Crippen LogP contribution in [0.2, 0.25) is 0 Å². The number of hydrogen-bond acceptors (Lipinski definition) is 8. The minimum atomic E-state index is -3.90. The molecule has 3 fully saturated rings. The zero-order valence-corrected chi connectivity index (χ0v) is 14.5. The summed E-state index contributed by atoms with van der Waals surface area (Å²) in [5.41, 5.74) is -1.82. The van der Waals surface area contributed by atoms with E-state index < -0.39 is 70.0 Å². The molecule has 3 rings (SSSR count). The molecule has 9 nitrogen and oxygen atoms in total. The molecule has 3 aliphatic rings. The maximum atomic E-state index is 12.2. The number of aliphatic hydroxyl groups excluding tert-OH is 2. The number of aliphatic hydroxyl groups is 2. The van der Waals surface area contributed by atoms with Crippen molar-refractivity contribution in [2.75, 3.05) is 19.8 Å². The monoisotopic (exact) mass is 375 g/mol. The molecule has 0 radical (unpaired) electrons. The molecule has 1 heterocycles. The van der Waals surface area contributed by atoms with Gasteiger partial charge in [0.05, 0.1) is 18.5 Å². The molecule has 10 heteroatoms. The van der Waals surface area contributed by atoms with E-state index in [0.29, 0.717) is 0 Å². The van der Waals surface area contributed by atoms with Crippen molar-refractivity contribution in [3.63, 3.8) is 0 Å². The number of carbonyl (C=O) groups is 2. The number of carbonyl (C=O) groups excluding carboxylic acids is 2. The van der Waals surface area contributed by atoms with Crippen LogP contribution in [0.25, 0.3) is 0 Å². The smallest absolute Gasteiger partial charge is 0.325 e. The van der Waals surface area contributed by atoms with Crippen LogP contribution >= 0.6 is 0 Å². The van der Waals surface area contributed by atoms with Crippen LogP contribution in [-0.2, 0) is 28.6 Å². The molecule has 2 aliphatic carbocycles. The SMILES string of the molecule is C=C(C)C(=O)NCC(=O)OC1C2OS(=O)(=O)C3CC1(CO)CC23CO. The summed E-state index contributed by atoms with van der Waals surface area (Å²) >= 11 is 0. The molecule has 1 saturated heterocycles. The number of esters is 1. The third kappa shape index (κ3) is 2.50. The number of hydrogen-bond donors (Lipinski definition) is 3. The summed E-state index contributed by atoms with van der Waals surface area (Å²) in [7, 11) is -3.90. The Labute approximate surface area is 145 Å². The van der Waals surface area contributed by atoms with Crippen molar-refractivity contribution in [3.05, 3.63) is 12.2 Å². The van der Waals surface area contributed by atoms with Crippen molar-refractivity contribution < 1.29 is 37.1 Å². The molecule has 25 heavy (non-hydrogen) atoms. The van der Waals surface area contributed by atoms with E-state index in [1.165, 1.54) is 6.92 Å². The van der Waals surface area contributed by atoms with Gasteiger partial charge in [0, 0.05) is 16.4 Å². The zero-order valence-electron chi connectivity index (χ0n) is 13.7. The van der Waals surface area contributed by atoms with E-state index in [1.807, 2.05) is 0 Å². The van der Waals surface area contributed by atoms with Crippen molar-refractivity contribution in [3.8, 4) is 0 Å². The van der Waals surface area contributed by atoms with Crippen LogP contribution in [0.5, 0.6) is 0 Å². The van der Waals surface area contributed by atoms with Gasteiger partial charge < -0.3 is 20.3 Å². The van der Waals surface area contributed by atoms with Crippen molar-refractivity contribution in [1.82, 2.24) is 5.32 Å². The van der Waals surface area contributed by atoms with E-state index in [-0.39, 0.29) is 18.4 Å². The summed E-state index contributed by atoms with van der Waals surface area (Å²) in [6, 6.07) is 0. The molecule has 0 aromatic carbocycles. The molecule has 5 atom stereocenters. The van der Waals surface area contributed by atoms with E-state index in [0.717, 1.165) is 0 Å². The highest BCUT2D eigenvalue weighted by atomic mass is 32.2. The summed E-state index contributed by atoms with van der Waals surface area (Å²) in [5.74, 6) is -1.29. The van der Waals surface area contributed by atoms with Gasteiger partial charge in [-0.3, -0.25) is 13.8 Å². The van der Waals surface area contributed by atoms with Crippen LogP contribution < -0.4 is 5.32 Å². The summed E-state index contributed by atoms with van der Waals surface area (Å²) < 4.78 is 34.9. The normalized spacial score (nSPS) is 40.0. The van der Waals surface area contributed by atoms with Crippen molar-refractivity contribution in [2.24, 2.45) is 10.8 Å². The van der Waals surface area contributed by atoms with Crippen molar-refractivity contribution >= 4 is 22.0 Å². The summed E-state index contributed by atoms with van der Waals surface area (Å²) in [4.78, 5) is 23.5. The van der Waals surface area contributed by atoms with Crippen LogP contribution in [0.1, 0.15) is 19.8 Å². The quantitative estimate of drug-likeness (QED) is 0.288. The van der Waals surface area contributed by atoms with Gasteiger partial charge in [-0.15, -0.1) is 0 Å². The number of ether oxygens (including phenoxy) is 1. The number of nitrogens with one attached hydrogen (secondary N) is 1. The van der Waals surface area contributed by atoms with E-state index in [1.54, 1.807) is 0 Å². The second-order valence-electron chi connectivity index (χ2n) is 7.16. The maximum absolute atomic E-state index is 12.2. The highest BCUT2D eigenvalue weighted by Crippen LogP contribution is 2.68. The lowest BCUT2D eigenvalue weighted by Gasteiger charge is -2.36. The first-order chi connectivity index (χ1) is 11.6. The molecule has 5 unspecified atom stereocenters. The summed E-state index contributed by atoms with van der Waals surface area (Å²) in [6.07, 6.45) is -1.79. The van der Waals surface area contributed by atoms with Gasteiger partial charge in [0.1, 0.15) is 18.8 Å². The highest BCUT2D eigenvalue weighted by molar-refractivity contribution is 7.87. The Morgan fingerprint density at radius 2 is 2.04 bits per heavy atom. The van der Waals surface area contributed by atoms with Crippen molar-refractivity contribution in [1.29, 1.82) is 0 Å². The van der Waals surface area contributed by atoms with Gasteiger partial charge in [-0.25, -0.2) is 0 Å². The van der Waals surface area contributed by atoms with Crippen LogP contribution in [0.15, 0.2) is 12.2 Å². The van der Waals surface area contributed by atoms with E-state index in [9.17, 15) is 28.2 Å². The fourth-order valence-electron chi connectivity index (χ4n) is 4.42. The molecular weight excluding hydrogens is 354 g/mol. The maximum Gasteiger partial charge on any atom is 0.325 e. The largest absolute Gasteiger partial charge is 0.458 e. The first-order valence-electron chi connectivity index (χ1n) is 7.89. The number of amides is 1. The van der Waals surface area contributed by atoms with Gasteiger partial charge in [-0.1, -0.05) is 6.58 Å². The first-order valence-corrected chi connectivity index (χ1v) is 9.36. The Balaban J connectivity index is 1.79. The zero-order chi connectivity index (χ0) is 18.6. The second kappa shape index (κ2) is 5.76. The third-order valence-corrected chi connectivity index (χ3v) is 7.40. The fraction of sp³-hybridized carbons (Fsp3) is 0.733. The van der Waals surface area contributed by atoms with Crippen LogP contribution in [0, 0.1) is 10.8 Å². The first kappa shape index (κ1) is 18.3. The predicted octanol–water partition coefficient (Wildman–Crippen LogP) is -1.55. The molecule has 140 valence electrons. The molecule has 0 aromatic rings. The van der Waals surface area contributed by atoms with Crippen molar-refractivity contribution in [2.45, 2.75) is 37.2 Å². The van der Waals surface area contributed by atoms with Crippen LogP contribution in [0.4, 0.5) is 0 Å². The minimum absolute atomic E-state index is 0.0545. The molecular formula is C15H21NO8S. The van der Waals surface area contributed by atoms with Crippen LogP contribution in [0.3, 0.4) is 0 Å². The topological polar surface area (TPSA) is 139 Å². The average molecular weight is 375 g/mol. The lowest BCUT2D eigenvalue weighted by Crippen LogP contribution is -2.50. The molecule has 0 spiro atoms. The van der Waals surface area contributed by atoms with E-state index in [2.05, 4.69) is 11.9 Å². The summed E-state index contributed by atoms with van der Waals surface area (Å²) in [6.45, 7) is 3.68. The van der Waals surface area contributed by atoms with Gasteiger partial charge in [0.15, 0.2) is 0 Å². The van der Waals surface area contributed by atoms with Gasteiger partial charge in [-0.2, -0.15) is 8.42 Å². The predicted molar refractivity (Wildman–Crippen MR) is 83.6 cm³/mol. The lowest BCUT2D eigenvalue weighted by molar-refractivity contribution is -0.164. The highest BCUT2D eigenvalue weighted by Gasteiger charge is 2.79. The Kier molecular flexibility index (Phi) is 4.22. The number of fused-ring (bicyclic) bond motifs is 1.